The number of hydrogen-bond acceptors (Lipinski definition) is 6. The average molecular weight is 340 g/mol. The van der Waals surface area contributed by atoms with E-state index in [-0.39, 0.29) is 5.97 Å². The lowest BCUT2D eigenvalue weighted by Crippen LogP contribution is -2.35. The maximum atomic E-state index is 11.9. The van der Waals surface area contributed by atoms with Crippen LogP contribution in [0.4, 0.5) is 17.5 Å². The summed E-state index contributed by atoms with van der Waals surface area (Å²) in [5, 5.41) is 3.24. The Morgan fingerprint density at radius 2 is 2.12 bits per heavy atom. The molecule has 1 atom stereocenters. The molecule has 25 heavy (non-hydrogen) atoms. The molecule has 0 saturated carbocycles. The molecule has 2 heterocycles. The number of rotatable bonds is 4. The first-order valence-electron chi connectivity index (χ1n) is 8.62. The normalized spacial score (nSPS) is 17.2. The number of methoxy groups -OCH3 is 1. The summed E-state index contributed by atoms with van der Waals surface area (Å²) in [5.41, 5.74) is 2.04. The molecule has 1 aromatic carbocycles. The van der Waals surface area contributed by atoms with Gasteiger partial charge in [-0.15, -0.1) is 0 Å². The van der Waals surface area contributed by atoms with Gasteiger partial charge in [-0.3, -0.25) is 0 Å². The fourth-order valence-electron chi connectivity index (χ4n) is 3.15. The summed E-state index contributed by atoms with van der Waals surface area (Å²) >= 11 is 0. The van der Waals surface area contributed by atoms with E-state index in [0.717, 1.165) is 31.2 Å². The first kappa shape index (κ1) is 17.2. The third-order valence-corrected chi connectivity index (χ3v) is 4.38. The zero-order chi connectivity index (χ0) is 17.8. The minimum atomic E-state index is -0.376. The van der Waals surface area contributed by atoms with Crippen molar-refractivity contribution in [2.45, 2.75) is 26.7 Å². The van der Waals surface area contributed by atoms with Gasteiger partial charge in [0.2, 0.25) is 5.95 Å². The minimum absolute atomic E-state index is 0.376. The van der Waals surface area contributed by atoms with Crippen molar-refractivity contribution in [3.63, 3.8) is 0 Å². The number of carbonyl (C=O) groups excluding carboxylic acids is 1. The molecule has 6 nitrogen and oxygen atoms in total. The number of hydrogen-bond donors (Lipinski definition) is 1. The van der Waals surface area contributed by atoms with E-state index in [4.69, 9.17) is 4.74 Å². The molecular formula is C19H24N4O2. The van der Waals surface area contributed by atoms with E-state index < -0.39 is 0 Å². The Morgan fingerprint density at radius 1 is 1.32 bits per heavy atom. The number of piperidine rings is 1. The van der Waals surface area contributed by atoms with Crippen molar-refractivity contribution in [2.75, 3.05) is 30.4 Å². The second-order valence-electron chi connectivity index (χ2n) is 6.55. The van der Waals surface area contributed by atoms with Gasteiger partial charge in [-0.1, -0.05) is 19.1 Å². The third-order valence-electron chi connectivity index (χ3n) is 4.38. The molecule has 1 aliphatic heterocycles. The Balaban J connectivity index is 1.88. The lowest BCUT2D eigenvalue weighted by molar-refractivity contribution is 0.0602. The summed E-state index contributed by atoms with van der Waals surface area (Å²) in [6, 6.07) is 9.13. The van der Waals surface area contributed by atoms with Crippen LogP contribution < -0.4 is 10.2 Å². The number of ether oxygens (including phenoxy) is 1. The molecule has 0 amide bonds. The first-order valence-corrected chi connectivity index (χ1v) is 8.62. The molecule has 0 aliphatic carbocycles. The maximum Gasteiger partial charge on any atom is 0.339 e. The highest BCUT2D eigenvalue weighted by Gasteiger charge is 2.20. The molecule has 3 rings (SSSR count). The van der Waals surface area contributed by atoms with Crippen molar-refractivity contribution >= 4 is 23.4 Å². The van der Waals surface area contributed by atoms with Gasteiger partial charge in [0.1, 0.15) is 5.82 Å². The Kier molecular flexibility index (Phi) is 5.16. The first-order chi connectivity index (χ1) is 12.1. The number of carbonyl (C=O) groups is 1. The largest absolute Gasteiger partial charge is 0.465 e. The smallest absolute Gasteiger partial charge is 0.339 e. The van der Waals surface area contributed by atoms with E-state index in [1.165, 1.54) is 13.5 Å². The molecule has 132 valence electrons. The second-order valence-corrected chi connectivity index (χ2v) is 6.55. The fourth-order valence-corrected chi connectivity index (χ4v) is 3.15. The molecule has 1 aliphatic rings. The molecule has 1 fully saturated rings. The van der Waals surface area contributed by atoms with Gasteiger partial charge in [0.15, 0.2) is 0 Å². The average Bonchev–Trinajstić information content (AvgIpc) is 2.61. The standard InChI is InChI=1S/C19H24N4O2/c1-13-7-6-10-23(12-13)19-20-14(2)11-17(22-19)21-16-9-5-4-8-15(16)18(24)25-3/h4-5,8-9,11,13H,6-7,10,12H2,1-3H3,(H,20,21,22). The fraction of sp³-hybridized carbons (Fsp3) is 0.421. The van der Waals surface area contributed by atoms with Crippen LogP contribution in [0.15, 0.2) is 30.3 Å². The maximum absolute atomic E-state index is 11.9. The van der Waals surface area contributed by atoms with Gasteiger partial charge >= 0.3 is 5.97 Å². The van der Waals surface area contributed by atoms with Crippen LogP contribution in [-0.2, 0) is 4.74 Å². The SMILES string of the molecule is COC(=O)c1ccccc1Nc1cc(C)nc(N2CCCC(C)C2)n1. The molecule has 1 unspecified atom stereocenters. The topological polar surface area (TPSA) is 67.3 Å². The monoisotopic (exact) mass is 340 g/mol. The molecule has 0 radical (unpaired) electrons. The van der Waals surface area contributed by atoms with Crippen molar-refractivity contribution < 1.29 is 9.53 Å². The highest BCUT2D eigenvalue weighted by Crippen LogP contribution is 2.24. The van der Waals surface area contributed by atoms with E-state index in [2.05, 4.69) is 27.1 Å². The van der Waals surface area contributed by atoms with Gasteiger partial charge in [0, 0.05) is 24.8 Å². The molecule has 0 bridgehead atoms. The van der Waals surface area contributed by atoms with Crippen LogP contribution in [0.3, 0.4) is 0 Å². The van der Waals surface area contributed by atoms with Gasteiger partial charge < -0.3 is 15.0 Å². The third kappa shape index (κ3) is 4.07. The van der Waals surface area contributed by atoms with Gasteiger partial charge in [0.25, 0.3) is 0 Å². The lowest BCUT2D eigenvalue weighted by atomic mass is 10.0. The van der Waals surface area contributed by atoms with Crippen molar-refractivity contribution in [1.82, 2.24) is 9.97 Å². The summed E-state index contributed by atoms with van der Waals surface area (Å²) in [6.45, 7) is 6.16. The number of anilines is 3. The van der Waals surface area contributed by atoms with Crippen molar-refractivity contribution in [3.05, 3.63) is 41.6 Å². The highest BCUT2D eigenvalue weighted by molar-refractivity contribution is 5.96. The summed E-state index contributed by atoms with van der Waals surface area (Å²) in [7, 11) is 1.38. The van der Waals surface area contributed by atoms with Crippen LogP contribution >= 0.6 is 0 Å². The van der Waals surface area contributed by atoms with Gasteiger partial charge in [-0.2, -0.15) is 4.98 Å². The van der Waals surface area contributed by atoms with E-state index in [1.54, 1.807) is 6.07 Å². The van der Waals surface area contributed by atoms with Crippen LogP contribution in [0.2, 0.25) is 0 Å². The summed E-state index contributed by atoms with van der Waals surface area (Å²) in [4.78, 5) is 23.4. The summed E-state index contributed by atoms with van der Waals surface area (Å²) < 4.78 is 4.85. The summed E-state index contributed by atoms with van der Waals surface area (Å²) in [5.74, 6) is 1.69. The quantitative estimate of drug-likeness (QED) is 0.859. The lowest BCUT2D eigenvalue weighted by Gasteiger charge is -2.31. The number of nitrogens with zero attached hydrogens (tertiary/aromatic N) is 3. The van der Waals surface area contributed by atoms with E-state index >= 15 is 0 Å². The van der Waals surface area contributed by atoms with Crippen LogP contribution in [-0.4, -0.2) is 36.1 Å². The number of benzene rings is 1. The van der Waals surface area contributed by atoms with Crippen LogP contribution in [0.5, 0.6) is 0 Å². The Labute approximate surface area is 148 Å². The van der Waals surface area contributed by atoms with E-state index in [0.29, 0.717) is 23.0 Å². The van der Waals surface area contributed by atoms with E-state index in [1.807, 2.05) is 31.2 Å². The number of para-hydroxylation sites is 1. The highest BCUT2D eigenvalue weighted by atomic mass is 16.5. The second kappa shape index (κ2) is 7.51. The zero-order valence-electron chi connectivity index (χ0n) is 15.0. The minimum Gasteiger partial charge on any atom is -0.465 e. The van der Waals surface area contributed by atoms with E-state index in [9.17, 15) is 4.79 Å². The van der Waals surface area contributed by atoms with Crippen LogP contribution in [0, 0.1) is 12.8 Å². The molecule has 6 heteroatoms. The van der Waals surface area contributed by atoms with Crippen molar-refractivity contribution in [2.24, 2.45) is 5.92 Å². The Morgan fingerprint density at radius 3 is 2.88 bits per heavy atom. The molecule has 2 aromatic rings. The molecular weight excluding hydrogens is 316 g/mol. The van der Waals surface area contributed by atoms with Crippen molar-refractivity contribution in [1.29, 1.82) is 0 Å². The van der Waals surface area contributed by atoms with Crippen LogP contribution in [0.1, 0.15) is 35.8 Å². The summed E-state index contributed by atoms with van der Waals surface area (Å²) in [6.07, 6.45) is 2.41. The number of nitrogens with one attached hydrogen (secondary N) is 1. The Bertz CT molecular complexity index is 763. The van der Waals surface area contributed by atoms with Crippen molar-refractivity contribution in [3.8, 4) is 0 Å². The number of aryl methyl sites for hydroxylation is 1. The Hall–Kier alpha value is -2.63. The van der Waals surface area contributed by atoms with Crippen LogP contribution in [0.25, 0.3) is 0 Å². The molecule has 0 spiro atoms. The van der Waals surface area contributed by atoms with Gasteiger partial charge in [-0.05, 0) is 37.8 Å². The predicted molar refractivity (Wildman–Crippen MR) is 98.4 cm³/mol. The number of aromatic nitrogens is 2. The molecule has 1 aromatic heterocycles. The number of esters is 1. The molecule has 1 saturated heterocycles. The predicted octanol–water partition coefficient (Wildman–Crippen LogP) is 3.55. The van der Waals surface area contributed by atoms with Gasteiger partial charge in [-0.25, -0.2) is 9.78 Å². The van der Waals surface area contributed by atoms with Gasteiger partial charge in [0.05, 0.1) is 18.4 Å². The zero-order valence-corrected chi connectivity index (χ0v) is 15.0. The molecule has 1 N–H and O–H groups in total.